The zero-order valence-corrected chi connectivity index (χ0v) is 14.1. The van der Waals surface area contributed by atoms with Gasteiger partial charge in [0.2, 0.25) is 0 Å². The van der Waals surface area contributed by atoms with E-state index in [0.29, 0.717) is 12.1 Å². The summed E-state index contributed by atoms with van der Waals surface area (Å²) in [5, 5.41) is 19.1. The second-order valence-corrected chi connectivity index (χ2v) is 6.08. The normalized spacial score (nSPS) is 17.3. The average Bonchev–Trinajstić information content (AvgIpc) is 3.30. The number of amides is 1. The third-order valence-electron chi connectivity index (χ3n) is 4.19. The average molecular weight is 336 g/mol. The number of rotatable bonds is 5. The van der Waals surface area contributed by atoms with Crippen LogP contribution in [0.25, 0.3) is 17.3 Å². The Balaban J connectivity index is 1.76. The standard InChI is InChI=1S/C19H20N4O2/c1-13-4-6-14(7-5-13)18-16(11-22-23-18)9-15(10-20)19(24)21-12-17-3-2-8-25-17/h4-7,9,11,17H,2-3,8,12H2,1H3,(H,21,24)(H,22,23)/b15-9-/t17-/m1/s1. The smallest absolute Gasteiger partial charge is 0.262 e. The second-order valence-electron chi connectivity index (χ2n) is 6.08. The van der Waals surface area contributed by atoms with E-state index in [1.807, 2.05) is 37.3 Å². The van der Waals surface area contributed by atoms with Gasteiger partial charge in [-0.3, -0.25) is 9.89 Å². The lowest BCUT2D eigenvalue weighted by Gasteiger charge is -2.10. The molecule has 128 valence electrons. The van der Waals surface area contributed by atoms with Crippen LogP contribution in [0.4, 0.5) is 0 Å². The molecule has 0 aliphatic carbocycles. The van der Waals surface area contributed by atoms with Gasteiger partial charge in [-0.05, 0) is 25.8 Å². The van der Waals surface area contributed by atoms with Gasteiger partial charge in [-0.25, -0.2) is 0 Å². The lowest BCUT2D eigenvalue weighted by atomic mass is 10.0. The van der Waals surface area contributed by atoms with Gasteiger partial charge in [0.05, 0.1) is 18.0 Å². The van der Waals surface area contributed by atoms with E-state index >= 15 is 0 Å². The number of aromatic amines is 1. The van der Waals surface area contributed by atoms with Crippen LogP contribution in [-0.4, -0.2) is 35.4 Å². The number of carbonyl (C=O) groups excluding carboxylic acids is 1. The summed E-state index contributed by atoms with van der Waals surface area (Å²) in [7, 11) is 0. The van der Waals surface area contributed by atoms with Crippen molar-refractivity contribution < 1.29 is 9.53 Å². The molecule has 1 amide bonds. The van der Waals surface area contributed by atoms with Gasteiger partial charge in [-0.15, -0.1) is 0 Å². The highest BCUT2D eigenvalue weighted by molar-refractivity contribution is 6.02. The molecule has 1 aromatic carbocycles. The van der Waals surface area contributed by atoms with E-state index in [0.717, 1.165) is 36.3 Å². The molecule has 1 saturated heterocycles. The maximum Gasteiger partial charge on any atom is 0.262 e. The Labute approximate surface area is 146 Å². The molecule has 2 N–H and O–H groups in total. The van der Waals surface area contributed by atoms with Gasteiger partial charge in [-0.1, -0.05) is 29.8 Å². The van der Waals surface area contributed by atoms with Crippen molar-refractivity contribution in [3.63, 3.8) is 0 Å². The Morgan fingerprint density at radius 3 is 2.96 bits per heavy atom. The predicted octanol–water partition coefficient (Wildman–Crippen LogP) is 2.59. The third-order valence-corrected chi connectivity index (χ3v) is 4.19. The summed E-state index contributed by atoms with van der Waals surface area (Å²) < 4.78 is 5.48. The van der Waals surface area contributed by atoms with E-state index in [4.69, 9.17) is 4.74 Å². The number of carbonyl (C=O) groups is 1. The monoisotopic (exact) mass is 336 g/mol. The van der Waals surface area contributed by atoms with E-state index in [-0.39, 0.29) is 11.7 Å². The van der Waals surface area contributed by atoms with E-state index < -0.39 is 5.91 Å². The van der Waals surface area contributed by atoms with Crippen LogP contribution in [0.5, 0.6) is 0 Å². The number of nitriles is 1. The molecule has 0 unspecified atom stereocenters. The number of aromatic nitrogens is 2. The van der Waals surface area contributed by atoms with Crippen molar-refractivity contribution in [2.75, 3.05) is 13.2 Å². The first-order valence-corrected chi connectivity index (χ1v) is 8.29. The predicted molar refractivity (Wildman–Crippen MR) is 94.3 cm³/mol. The quantitative estimate of drug-likeness (QED) is 0.648. The number of benzene rings is 1. The van der Waals surface area contributed by atoms with Crippen LogP contribution >= 0.6 is 0 Å². The molecule has 1 aromatic heterocycles. The molecule has 2 heterocycles. The number of H-pyrrole nitrogens is 1. The largest absolute Gasteiger partial charge is 0.376 e. The van der Waals surface area contributed by atoms with Gasteiger partial charge in [0.15, 0.2) is 0 Å². The molecule has 0 radical (unpaired) electrons. The zero-order chi connectivity index (χ0) is 17.6. The summed E-state index contributed by atoms with van der Waals surface area (Å²) in [5.41, 5.74) is 3.64. The van der Waals surface area contributed by atoms with Gasteiger partial charge in [0, 0.05) is 24.3 Å². The summed E-state index contributed by atoms with van der Waals surface area (Å²) in [4.78, 5) is 12.3. The lowest BCUT2D eigenvalue weighted by molar-refractivity contribution is -0.117. The Morgan fingerprint density at radius 2 is 2.28 bits per heavy atom. The van der Waals surface area contributed by atoms with E-state index in [1.165, 1.54) is 0 Å². The van der Waals surface area contributed by atoms with Gasteiger partial charge in [0.25, 0.3) is 5.91 Å². The Hall–Kier alpha value is -2.91. The number of hydrogen-bond acceptors (Lipinski definition) is 4. The van der Waals surface area contributed by atoms with Crippen LogP contribution in [0.3, 0.4) is 0 Å². The van der Waals surface area contributed by atoms with Crippen molar-refractivity contribution in [3.8, 4) is 17.3 Å². The van der Waals surface area contributed by atoms with Crippen molar-refractivity contribution in [3.05, 3.63) is 47.2 Å². The molecular weight excluding hydrogens is 316 g/mol. The molecule has 1 aliphatic rings. The van der Waals surface area contributed by atoms with Crippen LogP contribution in [0.15, 0.2) is 36.0 Å². The number of nitrogens with one attached hydrogen (secondary N) is 2. The number of hydrogen-bond donors (Lipinski definition) is 2. The number of nitrogens with zero attached hydrogens (tertiary/aromatic N) is 2. The van der Waals surface area contributed by atoms with Crippen LogP contribution in [-0.2, 0) is 9.53 Å². The van der Waals surface area contributed by atoms with E-state index in [2.05, 4.69) is 15.5 Å². The summed E-state index contributed by atoms with van der Waals surface area (Å²) in [6.07, 6.45) is 5.16. The minimum atomic E-state index is -0.394. The molecule has 1 aliphatic heterocycles. The van der Waals surface area contributed by atoms with E-state index in [1.54, 1.807) is 12.3 Å². The van der Waals surface area contributed by atoms with Gasteiger partial charge < -0.3 is 10.1 Å². The number of aryl methyl sites for hydroxylation is 1. The summed E-state index contributed by atoms with van der Waals surface area (Å²) in [6, 6.07) is 9.93. The van der Waals surface area contributed by atoms with Gasteiger partial charge in [0.1, 0.15) is 11.6 Å². The van der Waals surface area contributed by atoms with Crippen molar-refractivity contribution in [1.29, 1.82) is 5.26 Å². The maximum absolute atomic E-state index is 12.3. The second kappa shape index (κ2) is 7.77. The molecular formula is C19H20N4O2. The fourth-order valence-electron chi connectivity index (χ4n) is 2.77. The van der Waals surface area contributed by atoms with Crippen molar-refractivity contribution in [2.45, 2.75) is 25.9 Å². The molecule has 1 atom stereocenters. The first-order valence-electron chi connectivity index (χ1n) is 8.29. The first kappa shape index (κ1) is 16.9. The van der Waals surface area contributed by atoms with Crippen LogP contribution in [0.2, 0.25) is 0 Å². The summed E-state index contributed by atoms with van der Waals surface area (Å²) >= 11 is 0. The molecule has 25 heavy (non-hydrogen) atoms. The number of ether oxygens (including phenoxy) is 1. The zero-order valence-electron chi connectivity index (χ0n) is 14.1. The highest BCUT2D eigenvalue weighted by Gasteiger charge is 2.18. The molecule has 6 heteroatoms. The van der Waals surface area contributed by atoms with Crippen LogP contribution < -0.4 is 5.32 Å². The highest BCUT2D eigenvalue weighted by atomic mass is 16.5. The SMILES string of the molecule is Cc1ccc(-c2[nH]ncc2/C=C(/C#N)C(=O)NC[C@H]2CCCO2)cc1. The fourth-order valence-corrected chi connectivity index (χ4v) is 2.77. The molecule has 6 nitrogen and oxygen atoms in total. The minimum absolute atomic E-state index is 0.0425. The molecule has 0 saturated carbocycles. The third kappa shape index (κ3) is 4.14. The van der Waals surface area contributed by atoms with Crippen molar-refractivity contribution in [2.24, 2.45) is 0 Å². The fraction of sp³-hybridized carbons (Fsp3) is 0.316. The minimum Gasteiger partial charge on any atom is -0.376 e. The summed E-state index contributed by atoms with van der Waals surface area (Å²) in [5.74, 6) is -0.394. The Bertz CT molecular complexity index is 809. The maximum atomic E-state index is 12.3. The molecule has 1 fully saturated rings. The molecule has 3 rings (SSSR count). The van der Waals surface area contributed by atoms with Crippen LogP contribution in [0, 0.1) is 18.3 Å². The molecule has 0 spiro atoms. The Morgan fingerprint density at radius 1 is 1.48 bits per heavy atom. The lowest BCUT2D eigenvalue weighted by Crippen LogP contribution is -2.32. The van der Waals surface area contributed by atoms with Crippen LogP contribution in [0.1, 0.15) is 24.0 Å². The van der Waals surface area contributed by atoms with Crippen molar-refractivity contribution in [1.82, 2.24) is 15.5 Å². The van der Waals surface area contributed by atoms with Gasteiger partial charge >= 0.3 is 0 Å². The topological polar surface area (TPSA) is 90.8 Å². The van der Waals surface area contributed by atoms with Gasteiger partial charge in [-0.2, -0.15) is 10.4 Å². The van der Waals surface area contributed by atoms with E-state index in [9.17, 15) is 10.1 Å². The Kier molecular flexibility index (Phi) is 5.26. The summed E-state index contributed by atoms with van der Waals surface area (Å²) in [6.45, 7) is 3.17. The van der Waals surface area contributed by atoms with Crippen molar-refractivity contribution >= 4 is 12.0 Å². The first-order chi connectivity index (χ1) is 12.2. The highest BCUT2D eigenvalue weighted by Crippen LogP contribution is 2.23. The molecule has 2 aromatic rings. The molecule has 0 bridgehead atoms.